The number of esters is 3. The second-order valence-electron chi connectivity index (χ2n) is 26.1. The average molecular weight is 2140 g/mol. The van der Waals surface area contributed by atoms with Crippen molar-refractivity contribution in [3.05, 3.63) is 120 Å². The molecule has 0 saturated carbocycles. The molecule has 1 radical (unpaired) electrons. The van der Waals surface area contributed by atoms with Crippen LogP contribution >= 0.6 is 15.9 Å². The summed E-state index contributed by atoms with van der Waals surface area (Å²) in [6.45, 7) is 20.9. The van der Waals surface area contributed by atoms with Crippen LogP contribution in [0.5, 0.6) is 46.0 Å². The van der Waals surface area contributed by atoms with Gasteiger partial charge < -0.3 is 94.0 Å². The molecular formula is C78H112BrF9LaN10O29S3. The largest absolute Gasteiger partial charge is 0.522 e. The molecule has 0 unspecified atom stereocenters. The van der Waals surface area contributed by atoms with Crippen LogP contribution in [0.3, 0.4) is 0 Å². The molecule has 3 fully saturated rings. The second-order valence-corrected chi connectivity index (χ2v) is 30.9. The number of amides is 2. The number of nitrogens with two attached hydrogens (primary N) is 1. The minimum Gasteiger partial charge on any atom is -0.503 e. The summed E-state index contributed by atoms with van der Waals surface area (Å²) in [4.78, 5) is 115. The van der Waals surface area contributed by atoms with E-state index in [-0.39, 0.29) is 117 Å². The number of anilines is 2. The Morgan fingerprint density at radius 1 is 0.443 bits per heavy atom. The number of carbonyl (C=O) groups excluding carboxylic acids is 9. The Bertz CT molecular complexity index is 4750. The number of ketones is 4. The van der Waals surface area contributed by atoms with Gasteiger partial charge in [-0.05, 0) is 153 Å². The average Bonchev–Trinajstić information content (AvgIpc) is 1.60. The monoisotopic (exact) mass is 2140 g/mol. The van der Waals surface area contributed by atoms with E-state index in [2.05, 4.69) is 47.7 Å². The molecular weight excluding hydrogens is 2030 g/mol. The van der Waals surface area contributed by atoms with E-state index in [4.69, 9.17) is 73.1 Å². The van der Waals surface area contributed by atoms with Crippen LogP contribution in [-0.2, 0) is 68.5 Å². The summed E-state index contributed by atoms with van der Waals surface area (Å²) in [5.74, 6) is -3.45. The number of nitrogens with one attached hydrogen (secondary N) is 1. The molecule has 10 N–H and O–H groups in total. The molecule has 3 saturated heterocycles. The standard InChI is InChI=1S/C23H31N5O5.C16H17NO6.C14H19NO4.C7H9NO.C5H12N2.C5H8O3.C3H5BrO.3CHF3O3S.2CH4.La/c1-24-8-12-26(13-9-24)22(31)18-20(29)21(30)19(23(32)27-14-10-25(2)11-15-27)28(18)16-4-6-17(33-3)7-5-16;1-4-23-16(21)13-15(20)14(19)12(9(2)18)17(13)10-5-7-11(22-3)8-6-10;1-4-19-14(17)10-15(9-11(2)16)12-5-7-13(18-3)8-6-12;1-9-7-4-2-6(8)3-5-7;1-7-4-2-6-3-5-7;1-3-8-5(7)4(2)6;1-3(5)2-4;3*2-1(3,4)8(5,6)7;;;/h4-7,29-30H,8-15H2,1-3H3;5-8,19-20H,4H2,1-3H3;5-8H,4,9-10H2,1-3H3;2-5H,8H2,1H3;6H,2-5H2,1H3;3H2,1-2H3;2H2,1H3;3*(H,5,6,7);2*1H4;. The number of likely N-dealkylation sites (N-methyl/N-ethyl adjacent to an activating group) is 3. The van der Waals surface area contributed by atoms with Crippen molar-refractivity contribution in [2.45, 2.75) is 79.8 Å². The molecule has 0 atom stereocenters. The van der Waals surface area contributed by atoms with Gasteiger partial charge in [-0.25, -0.2) is 9.59 Å². The number of aromatic hydroxyl groups is 4. The maximum atomic E-state index is 13.5. The van der Waals surface area contributed by atoms with Crippen LogP contribution in [0.15, 0.2) is 97.1 Å². The van der Waals surface area contributed by atoms with Gasteiger partial charge in [0.15, 0.2) is 45.9 Å². The van der Waals surface area contributed by atoms with Gasteiger partial charge in [0.2, 0.25) is 5.78 Å². The Morgan fingerprint density at radius 3 is 0.977 bits per heavy atom. The SMILES string of the molecule is C.C.CC(=O)CBr.CCOC(=O)C(C)=O.CCOC(=O)CN(CC(C)=O)c1ccc(OC)cc1.CCOC(=O)c1c(O)c(O)c(C(C)=O)n1-c1ccc(OC)cc1.CN1CCNCC1.COc1ccc(-n2c(C(=O)N3CCN(C)CC3)c(O)c(O)c2C(=O)N2CCN(C)CC2)cc1.COc1ccc(N)cc1.O=S(=O)(O)C(F)(F)F.O=S(=O)(O)C(F)(F)F.O=S(=O)(O)C(F)(F)F.[La]. The number of piperazine rings is 3. The number of nitrogen functional groups attached to an aromatic ring is 1. The van der Waals surface area contributed by atoms with E-state index >= 15 is 0 Å². The van der Waals surface area contributed by atoms with Gasteiger partial charge in [-0.2, -0.15) is 64.8 Å². The smallest absolute Gasteiger partial charge is 0.503 e. The van der Waals surface area contributed by atoms with Gasteiger partial charge in [0.1, 0.15) is 46.8 Å². The van der Waals surface area contributed by atoms with Gasteiger partial charge in [0.05, 0.1) is 60.1 Å². The third-order valence-electron chi connectivity index (χ3n) is 16.3. The van der Waals surface area contributed by atoms with Gasteiger partial charge in [0, 0.05) is 151 Å². The summed E-state index contributed by atoms with van der Waals surface area (Å²) < 4.78 is 210. The number of hydrogen-bond acceptors (Lipinski definition) is 32. The van der Waals surface area contributed by atoms with Crippen LogP contribution in [0, 0.1) is 35.6 Å². The molecule has 53 heteroatoms. The van der Waals surface area contributed by atoms with Crippen LogP contribution in [0.2, 0.25) is 0 Å². The van der Waals surface area contributed by atoms with Gasteiger partial charge in [0.25, 0.3) is 11.8 Å². The number of ether oxygens (including phenoxy) is 7. The Morgan fingerprint density at radius 2 is 0.725 bits per heavy atom. The van der Waals surface area contributed by atoms with Crippen LogP contribution < -0.4 is 34.9 Å². The summed E-state index contributed by atoms with van der Waals surface area (Å²) in [6.07, 6.45) is 0. The molecule has 2 aromatic heterocycles. The molecule has 6 aromatic rings. The van der Waals surface area contributed by atoms with Crippen molar-refractivity contribution in [2.75, 3.05) is 177 Å². The second kappa shape index (κ2) is 61.0. The minimum absolute atomic E-state index is 0. The van der Waals surface area contributed by atoms with E-state index in [1.807, 2.05) is 26.2 Å². The fourth-order valence-corrected chi connectivity index (χ4v) is 9.77. The number of aromatic nitrogens is 2. The molecule has 5 heterocycles. The Kier molecular flexibility index (Phi) is 59.3. The van der Waals surface area contributed by atoms with E-state index in [0.717, 1.165) is 36.0 Å². The van der Waals surface area contributed by atoms with Crippen molar-refractivity contribution in [2.24, 2.45) is 0 Å². The maximum absolute atomic E-state index is 13.5. The fourth-order valence-electron chi connectivity index (χ4n) is 9.77. The molecule has 2 amide bonds. The van der Waals surface area contributed by atoms with Crippen LogP contribution in [0.1, 0.15) is 105 Å². The Labute approximate surface area is 789 Å². The molecule has 4 aromatic carbocycles. The maximum Gasteiger partial charge on any atom is 0.522 e. The van der Waals surface area contributed by atoms with Crippen LogP contribution in [0.4, 0.5) is 50.9 Å². The molecule has 131 heavy (non-hydrogen) atoms. The zero-order valence-electron chi connectivity index (χ0n) is 72.3. The van der Waals surface area contributed by atoms with Crippen molar-refractivity contribution >= 4 is 111 Å². The first kappa shape index (κ1) is 127. The molecule has 9 rings (SSSR count). The number of rotatable bonds is 20. The van der Waals surface area contributed by atoms with Crippen molar-refractivity contribution in [1.82, 2.24) is 39.0 Å². The third-order valence-corrected chi connectivity index (χ3v) is 18.8. The summed E-state index contributed by atoms with van der Waals surface area (Å²) in [5, 5.41) is 45.6. The Hall–Kier alpha value is -9.92. The molecule has 3 aliphatic heterocycles. The Balaban J connectivity index is -0.000000730. The molecule has 739 valence electrons. The van der Waals surface area contributed by atoms with Crippen molar-refractivity contribution in [3.63, 3.8) is 0 Å². The number of carbonyl (C=O) groups is 9. The van der Waals surface area contributed by atoms with Gasteiger partial charge in [-0.1, -0.05) is 30.8 Å². The van der Waals surface area contributed by atoms with E-state index < -0.39 is 105 Å². The summed E-state index contributed by atoms with van der Waals surface area (Å²) in [6, 6.07) is 27.7. The van der Waals surface area contributed by atoms with Gasteiger partial charge >= 0.3 is 64.8 Å². The third kappa shape index (κ3) is 45.4. The number of alkyl halides is 10. The number of hydrogen-bond donors (Lipinski definition) is 9. The normalized spacial score (nSPS) is 13.1. The van der Waals surface area contributed by atoms with Gasteiger partial charge in [-0.15, -0.1) is 0 Å². The van der Waals surface area contributed by atoms with E-state index in [1.165, 1.54) is 57.0 Å². The predicted octanol–water partition coefficient (Wildman–Crippen LogP) is 8.96. The fraction of sp³-hybridized carbons (Fsp3) is 0.474. The zero-order chi connectivity index (χ0) is 98.8. The van der Waals surface area contributed by atoms with E-state index in [1.54, 1.807) is 142 Å². The zero-order valence-corrected chi connectivity index (χ0v) is 80.0. The number of Topliss-reactive ketones (excluding diaryl/α,β-unsaturated/α-hetero) is 4. The summed E-state index contributed by atoms with van der Waals surface area (Å²) in [7, 11) is -5.13. The first-order valence-electron chi connectivity index (χ1n) is 37.1. The molecule has 0 aliphatic carbocycles. The van der Waals surface area contributed by atoms with Crippen molar-refractivity contribution < 1.29 is 211 Å². The molecule has 0 spiro atoms. The van der Waals surface area contributed by atoms with Crippen LogP contribution in [0.25, 0.3) is 11.4 Å². The van der Waals surface area contributed by atoms with E-state index in [9.17, 15) is 103 Å². The molecule has 3 aliphatic rings. The predicted molar refractivity (Wildman–Crippen MR) is 462 cm³/mol. The first-order valence-corrected chi connectivity index (χ1v) is 42.6. The number of methoxy groups -OCH3 is 4. The van der Waals surface area contributed by atoms with Gasteiger partial charge in [-0.3, -0.25) is 56.4 Å². The first-order chi connectivity index (χ1) is 59.2. The number of benzene rings is 4. The van der Waals surface area contributed by atoms with Crippen molar-refractivity contribution in [1.29, 1.82) is 0 Å². The molecule has 39 nitrogen and oxygen atoms in total. The topological polar surface area (TPSA) is 530 Å². The minimum atomic E-state index is -5.84. The number of nitrogens with zero attached hydrogens (tertiary/aromatic N) is 8. The summed E-state index contributed by atoms with van der Waals surface area (Å²) in [5.41, 5.74) is -9.49. The van der Waals surface area contributed by atoms with E-state index in [0.29, 0.717) is 87.2 Å². The quantitative estimate of drug-likeness (QED) is 0.00396. The summed E-state index contributed by atoms with van der Waals surface area (Å²) >= 11 is 2.96. The number of halogens is 10. The molecule has 0 bridgehead atoms. The van der Waals surface area contributed by atoms with Crippen molar-refractivity contribution in [3.8, 4) is 57.4 Å². The van der Waals surface area contributed by atoms with Crippen LogP contribution in [-0.4, -0.2) is 329 Å².